The molecule has 2 heterocycles. The first-order valence-electron chi connectivity index (χ1n) is 10.6. The fourth-order valence-corrected chi connectivity index (χ4v) is 4.98. The van der Waals surface area contributed by atoms with E-state index in [-0.39, 0.29) is 17.9 Å². The number of alkyl halides is 3. The monoisotopic (exact) mass is 500 g/mol. The number of halogens is 3. The molecule has 0 unspecified atom stereocenters. The topological polar surface area (TPSA) is 94.9 Å². The predicted molar refractivity (Wildman–Crippen MR) is 118 cm³/mol. The maximum absolute atomic E-state index is 13.0. The number of hydrogen-bond acceptors (Lipinski definition) is 7. The van der Waals surface area contributed by atoms with Crippen LogP contribution in [0, 0.1) is 0 Å². The molecule has 1 saturated carbocycles. The maximum atomic E-state index is 13.0. The predicted octanol–water partition coefficient (Wildman–Crippen LogP) is 3.42. The normalized spacial score (nSPS) is 16.3. The Balaban J connectivity index is 1.92. The molecule has 184 valence electrons. The number of anilines is 1. The zero-order valence-electron chi connectivity index (χ0n) is 18.7. The van der Waals surface area contributed by atoms with Crippen molar-refractivity contribution in [3.05, 3.63) is 45.7 Å². The average Bonchev–Trinajstić information content (AvgIpc) is 2.69. The zero-order valence-corrected chi connectivity index (χ0v) is 19.5. The summed E-state index contributed by atoms with van der Waals surface area (Å²) < 4.78 is 73.7. The smallest absolute Gasteiger partial charge is 0.462 e. The highest BCUT2D eigenvalue weighted by molar-refractivity contribution is 7.88. The molecular weight excluding hydrogens is 477 g/mol. The van der Waals surface area contributed by atoms with Gasteiger partial charge in [-0.2, -0.15) is 21.6 Å². The molecule has 8 nitrogen and oxygen atoms in total. The van der Waals surface area contributed by atoms with Gasteiger partial charge in [0, 0.05) is 37.5 Å². The molecule has 34 heavy (non-hydrogen) atoms. The summed E-state index contributed by atoms with van der Waals surface area (Å²) in [7, 11) is -2.82. The van der Waals surface area contributed by atoms with Gasteiger partial charge in [-0.1, -0.05) is 0 Å². The number of aromatic nitrogens is 1. The van der Waals surface area contributed by atoms with Crippen LogP contribution < -0.4 is 14.5 Å². The number of ether oxygens (including phenoxy) is 1. The summed E-state index contributed by atoms with van der Waals surface area (Å²) >= 11 is 0. The van der Waals surface area contributed by atoms with Crippen LogP contribution in [-0.4, -0.2) is 45.2 Å². The lowest BCUT2D eigenvalue weighted by Crippen LogP contribution is -2.46. The fourth-order valence-electron chi connectivity index (χ4n) is 4.51. The number of fused-ring (bicyclic) bond motifs is 4. The SMILES string of the molecule is CCOC(=O)c1cn2c(cc1=O)-c1cc(N(C)C)c(OS(=O)(=O)C(F)(F)F)cc1CC21CCC1. The molecule has 0 atom stereocenters. The van der Waals surface area contributed by atoms with E-state index >= 15 is 0 Å². The first-order valence-corrected chi connectivity index (χ1v) is 12.0. The summed E-state index contributed by atoms with van der Waals surface area (Å²) in [6.07, 6.45) is 4.19. The Hall–Kier alpha value is -3.02. The van der Waals surface area contributed by atoms with Gasteiger partial charge in [0.05, 0.1) is 18.0 Å². The third-order valence-corrected chi connectivity index (χ3v) is 7.25. The van der Waals surface area contributed by atoms with E-state index in [0.29, 0.717) is 23.2 Å². The standard InChI is InChI=1S/C22H23F3N2O6S/c1-4-32-20(29)15-12-27-16(10-18(15)28)14-9-17(26(2)3)19(33-34(30,31)22(23,24)25)8-13(14)11-21(27)6-5-7-21/h8-10,12H,4-7,11H2,1-3H3. The van der Waals surface area contributed by atoms with Crippen LogP contribution in [0.3, 0.4) is 0 Å². The minimum atomic E-state index is -5.87. The third kappa shape index (κ3) is 3.83. The van der Waals surface area contributed by atoms with E-state index in [1.807, 2.05) is 4.57 Å². The molecule has 4 rings (SSSR count). The molecule has 2 aliphatic rings. The lowest BCUT2D eigenvalue weighted by molar-refractivity contribution is -0.0500. The van der Waals surface area contributed by atoms with E-state index in [0.717, 1.165) is 19.3 Å². The van der Waals surface area contributed by atoms with Crippen molar-refractivity contribution in [2.45, 2.75) is 43.7 Å². The van der Waals surface area contributed by atoms with Gasteiger partial charge in [0.15, 0.2) is 11.2 Å². The van der Waals surface area contributed by atoms with Crippen LogP contribution in [-0.2, 0) is 26.8 Å². The third-order valence-electron chi connectivity index (χ3n) is 6.29. The van der Waals surface area contributed by atoms with E-state index in [1.54, 1.807) is 6.92 Å². The second-order valence-corrected chi connectivity index (χ2v) is 10.2. The maximum Gasteiger partial charge on any atom is 0.534 e. The van der Waals surface area contributed by atoms with Crippen molar-refractivity contribution in [3.8, 4) is 17.0 Å². The van der Waals surface area contributed by atoms with Gasteiger partial charge in [0.25, 0.3) is 0 Å². The number of esters is 1. The molecule has 12 heteroatoms. The Kier molecular flexibility index (Phi) is 5.70. The highest BCUT2D eigenvalue weighted by Gasteiger charge is 2.49. The van der Waals surface area contributed by atoms with Crippen LogP contribution in [0.15, 0.2) is 29.2 Å². The van der Waals surface area contributed by atoms with Crippen molar-refractivity contribution in [1.82, 2.24) is 4.57 Å². The van der Waals surface area contributed by atoms with Crippen LogP contribution >= 0.6 is 0 Å². The zero-order chi connectivity index (χ0) is 25.1. The minimum absolute atomic E-state index is 0.0876. The molecule has 0 saturated heterocycles. The summed E-state index contributed by atoms with van der Waals surface area (Å²) in [5.74, 6) is -1.17. The Morgan fingerprint density at radius 1 is 1.21 bits per heavy atom. The van der Waals surface area contributed by atoms with E-state index in [2.05, 4.69) is 4.18 Å². The molecule has 0 bridgehead atoms. The summed E-state index contributed by atoms with van der Waals surface area (Å²) in [5.41, 5.74) is -5.02. The van der Waals surface area contributed by atoms with Crippen LogP contribution in [0.25, 0.3) is 11.3 Å². The van der Waals surface area contributed by atoms with E-state index in [4.69, 9.17) is 4.74 Å². The van der Waals surface area contributed by atoms with Crippen LogP contribution in [0.2, 0.25) is 0 Å². The summed E-state index contributed by atoms with van der Waals surface area (Å²) in [6, 6.07) is 4.11. The number of carbonyl (C=O) groups is 1. The van der Waals surface area contributed by atoms with Gasteiger partial charge < -0.3 is 18.4 Å². The Morgan fingerprint density at radius 3 is 2.41 bits per heavy atom. The molecule has 2 aromatic rings. The lowest BCUT2D eigenvalue weighted by atomic mass is 9.69. The molecule has 1 spiro atoms. The molecule has 1 aromatic heterocycles. The Bertz CT molecular complexity index is 1330. The average molecular weight is 500 g/mol. The number of nitrogens with zero attached hydrogens (tertiary/aromatic N) is 2. The van der Waals surface area contributed by atoms with Gasteiger partial charge >= 0.3 is 21.6 Å². The molecule has 1 aromatic carbocycles. The fraction of sp³-hybridized carbons (Fsp3) is 0.455. The van der Waals surface area contributed by atoms with E-state index in [1.165, 1.54) is 43.4 Å². The molecular formula is C22H23F3N2O6S. The van der Waals surface area contributed by atoms with Gasteiger partial charge in [-0.3, -0.25) is 4.79 Å². The van der Waals surface area contributed by atoms with Crippen LogP contribution in [0.5, 0.6) is 5.75 Å². The first-order chi connectivity index (χ1) is 15.8. The number of benzene rings is 1. The van der Waals surface area contributed by atoms with Gasteiger partial charge in [-0.15, -0.1) is 0 Å². The lowest BCUT2D eigenvalue weighted by Gasteiger charge is -2.49. The number of hydrogen-bond donors (Lipinski definition) is 0. The summed E-state index contributed by atoms with van der Waals surface area (Å²) in [6.45, 7) is 1.75. The molecule has 0 amide bonds. The van der Waals surface area contributed by atoms with E-state index in [9.17, 15) is 31.2 Å². The van der Waals surface area contributed by atoms with Crippen molar-refractivity contribution in [2.75, 3.05) is 25.6 Å². The van der Waals surface area contributed by atoms with Crippen molar-refractivity contribution < 1.29 is 35.3 Å². The minimum Gasteiger partial charge on any atom is -0.462 e. The van der Waals surface area contributed by atoms with Gasteiger partial charge in [-0.25, -0.2) is 4.79 Å². The number of carbonyl (C=O) groups excluding carboxylic acids is 1. The van der Waals surface area contributed by atoms with Crippen molar-refractivity contribution in [3.63, 3.8) is 0 Å². The summed E-state index contributed by atoms with van der Waals surface area (Å²) in [5, 5.41) is 0. The van der Waals surface area contributed by atoms with Gasteiger partial charge in [0.2, 0.25) is 0 Å². The number of rotatable bonds is 5. The molecule has 0 N–H and O–H groups in total. The van der Waals surface area contributed by atoms with E-state index < -0.39 is 38.3 Å². The van der Waals surface area contributed by atoms with Crippen LogP contribution in [0.4, 0.5) is 18.9 Å². The largest absolute Gasteiger partial charge is 0.534 e. The highest BCUT2D eigenvalue weighted by Crippen LogP contribution is 2.50. The quantitative estimate of drug-likeness (QED) is 0.353. The first kappa shape index (κ1) is 24.1. The summed E-state index contributed by atoms with van der Waals surface area (Å²) in [4.78, 5) is 26.5. The number of pyridine rings is 1. The molecule has 0 radical (unpaired) electrons. The Labute approximate surface area is 194 Å². The van der Waals surface area contributed by atoms with Gasteiger partial charge in [0.1, 0.15) is 5.56 Å². The molecule has 1 aliphatic carbocycles. The van der Waals surface area contributed by atoms with Crippen molar-refractivity contribution in [1.29, 1.82) is 0 Å². The van der Waals surface area contributed by atoms with Crippen molar-refractivity contribution >= 4 is 21.8 Å². The second-order valence-electron chi connectivity index (χ2n) is 8.64. The Morgan fingerprint density at radius 2 is 1.88 bits per heavy atom. The molecule has 1 fully saturated rings. The van der Waals surface area contributed by atoms with Crippen LogP contribution in [0.1, 0.15) is 42.1 Å². The second kappa shape index (κ2) is 8.03. The molecule has 1 aliphatic heterocycles. The van der Waals surface area contributed by atoms with Crippen molar-refractivity contribution in [2.24, 2.45) is 0 Å². The van der Waals surface area contributed by atoms with Gasteiger partial charge in [-0.05, 0) is 50.3 Å². The highest BCUT2D eigenvalue weighted by atomic mass is 32.2.